The lowest BCUT2D eigenvalue weighted by atomic mass is 9.94. The van der Waals surface area contributed by atoms with E-state index in [-0.39, 0.29) is 6.42 Å². The van der Waals surface area contributed by atoms with E-state index in [4.69, 9.17) is 28.4 Å². The van der Waals surface area contributed by atoms with Crippen LogP contribution >= 0.6 is 0 Å². The predicted octanol–water partition coefficient (Wildman–Crippen LogP) is -2.48. The Morgan fingerprint density at radius 1 is 0.718 bits per heavy atom. The van der Waals surface area contributed by atoms with Gasteiger partial charge in [0.25, 0.3) is 0 Å². The van der Waals surface area contributed by atoms with Crippen LogP contribution in [0.1, 0.15) is 48.0 Å². The minimum Gasteiger partial charge on any atom is -0.390 e. The van der Waals surface area contributed by atoms with Gasteiger partial charge < -0.3 is 64.4 Å². The lowest BCUT2D eigenvalue weighted by Crippen LogP contribution is -2.67. The highest BCUT2D eigenvalue weighted by Gasteiger charge is 2.52. The average molecular weight is 568 g/mol. The lowest BCUT2D eigenvalue weighted by Gasteiger charge is -2.48. The standard InChI is InChI=1S/C25H45NO13/c1-9-14(26-13(27)8-25(5,6)33)18(31)22(34-7)24(36-9)39-21-17(30)12(4)37-23(19(21)32)38-20-15(28)10(2)35-11(3)16(20)29/h9-12,14-24,28-33H,8H2,1-7H3,(H,26,27)/t9?,10-,11?,12?,14-,15?,16-,17-,18-,19?,20?,21+,22?,23-,24-/m0/s1. The van der Waals surface area contributed by atoms with Crippen molar-refractivity contribution in [1.29, 1.82) is 0 Å². The monoisotopic (exact) mass is 567 g/mol. The first-order valence-corrected chi connectivity index (χ1v) is 13.3. The molecule has 14 heteroatoms. The number of amides is 1. The number of carbonyl (C=O) groups excluding carboxylic acids is 1. The molecular formula is C25H45NO13. The smallest absolute Gasteiger partial charge is 0.223 e. The number of nitrogens with one attached hydrogen (secondary N) is 1. The van der Waals surface area contributed by atoms with Crippen LogP contribution in [0, 0.1) is 0 Å². The number of rotatable bonds is 8. The molecule has 0 saturated carbocycles. The molecule has 3 aliphatic rings. The van der Waals surface area contributed by atoms with Crippen molar-refractivity contribution in [2.24, 2.45) is 0 Å². The van der Waals surface area contributed by atoms with Crippen molar-refractivity contribution in [2.75, 3.05) is 7.11 Å². The number of aliphatic hydroxyl groups excluding tert-OH is 5. The Balaban J connectivity index is 1.72. The molecule has 228 valence electrons. The Kier molecular flexibility index (Phi) is 10.7. The van der Waals surface area contributed by atoms with Crippen LogP contribution in [0.15, 0.2) is 0 Å². The summed E-state index contributed by atoms with van der Waals surface area (Å²) in [6, 6.07) is -0.898. The van der Waals surface area contributed by atoms with Crippen LogP contribution in [-0.4, -0.2) is 141 Å². The van der Waals surface area contributed by atoms with E-state index in [1.165, 1.54) is 27.9 Å². The zero-order valence-corrected chi connectivity index (χ0v) is 23.4. The molecule has 0 spiro atoms. The Bertz CT molecular complexity index is 797. The van der Waals surface area contributed by atoms with E-state index >= 15 is 0 Å². The molecule has 3 aliphatic heterocycles. The number of hydrogen-bond acceptors (Lipinski definition) is 13. The highest BCUT2D eigenvalue weighted by molar-refractivity contribution is 5.77. The molecule has 3 rings (SSSR count). The van der Waals surface area contributed by atoms with Gasteiger partial charge in [0.2, 0.25) is 5.91 Å². The summed E-state index contributed by atoms with van der Waals surface area (Å²) in [5.41, 5.74) is -1.25. The molecule has 3 heterocycles. The summed E-state index contributed by atoms with van der Waals surface area (Å²) in [6.45, 7) is 9.35. The van der Waals surface area contributed by atoms with Crippen LogP contribution in [0.25, 0.3) is 0 Å². The maximum absolute atomic E-state index is 12.4. The van der Waals surface area contributed by atoms with Crippen molar-refractivity contribution >= 4 is 5.91 Å². The van der Waals surface area contributed by atoms with Gasteiger partial charge in [-0.2, -0.15) is 0 Å². The van der Waals surface area contributed by atoms with Gasteiger partial charge in [0, 0.05) is 7.11 Å². The second-order valence-electron chi connectivity index (χ2n) is 11.4. The van der Waals surface area contributed by atoms with Gasteiger partial charge in [-0.05, 0) is 41.5 Å². The van der Waals surface area contributed by atoms with Crippen LogP contribution < -0.4 is 5.32 Å². The number of methoxy groups -OCH3 is 1. The second kappa shape index (κ2) is 12.9. The van der Waals surface area contributed by atoms with E-state index in [2.05, 4.69) is 5.32 Å². The van der Waals surface area contributed by atoms with Gasteiger partial charge in [-0.1, -0.05) is 0 Å². The van der Waals surface area contributed by atoms with Crippen molar-refractivity contribution in [3.8, 4) is 0 Å². The van der Waals surface area contributed by atoms with Crippen LogP contribution in [0.2, 0.25) is 0 Å². The fourth-order valence-electron chi connectivity index (χ4n) is 5.19. The molecule has 7 unspecified atom stereocenters. The van der Waals surface area contributed by atoms with E-state index in [1.54, 1.807) is 20.8 Å². The SMILES string of the molecule is COC1[C@H](O[C@H]2C(O)[C@H](OC3C(O)[C@H](C)OC(C)[C@@H]3O)OC(C)[C@@H]2O)OC(C)[C@H](NC(=O)CC(C)(C)O)[C@@H]1O. The number of hydrogen-bond donors (Lipinski definition) is 7. The van der Waals surface area contributed by atoms with Crippen LogP contribution in [0.5, 0.6) is 0 Å². The van der Waals surface area contributed by atoms with Crippen LogP contribution in [0.4, 0.5) is 0 Å². The van der Waals surface area contributed by atoms with E-state index in [9.17, 15) is 35.4 Å². The number of ether oxygens (including phenoxy) is 6. The van der Waals surface area contributed by atoms with Crippen molar-refractivity contribution in [3.05, 3.63) is 0 Å². The van der Waals surface area contributed by atoms with Gasteiger partial charge in [0.15, 0.2) is 12.6 Å². The molecule has 0 aromatic rings. The minimum atomic E-state index is -1.60. The molecule has 1 amide bonds. The molecule has 3 fully saturated rings. The zero-order chi connectivity index (χ0) is 29.4. The zero-order valence-electron chi connectivity index (χ0n) is 23.4. The molecule has 3 saturated heterocycles. The highest BCUT2D eigenvalue weighted by Crippen LogP contribution is 2.33. The highest BCUT2D eigenvalue weighted by atomic mass is 16.7. The normalized spacial score (nSPS) is 47.6. The van der Waals surface area contributed by atoms with Gasteiger partial charge in [-0.15, -0.1) is 0 Å². The molecule has 14 nitrogen and oxygen atoms in total. The third kappa shape index (κ3) is 7.45. The van der Waals surface area contributed by atoms with Crippen LogP contribution in [-0.2, 0) is 33.2 Å². The van der Waals surface area contributed by atoms with Crippen molar-refractivity contribution in [2.45, 2.75) is 145 Å². The molecule has 0 radical (unpaired) electrons. The Labute approximate surface area is 228 Å². The van der Waals surface area contributed by atoms with Gasteiger partial charge in [-0.3, -0.25) is 4.79 Å². The topological polar surface area (TPSA) is 206 Å². The molecular weight excluding hydrogens is 522 g/mol. The second-order valence-corrected chi connectivity index (χ2v) is 11.4. The maximum Gasteiger partial charge on any atom is 0.223 e. The molecule has 0 aromatic carbocycles. The minimum absolute atomic E-state index is 0.200. The summed E-state index contributed by atoms with van der Waals surface area (Å²) in [6.07, 6.45) is -16.2. The summed E-state index contributed by atoms with van der Waals surface area (Å²) in [7, 11) is 1.31. The Morgan fingerprint density at radius 3 is 1.69 bits per heavy atom. The largest absolute Gasteiger partial charge is 0.390 e. The first kappa shape index (κ1) is 32.5. The summed E-state index contributed by atoms with van der Waals surface area (Å²) in [4.78, 5) is 12.4. The first-order chi connectivity index (χ1) is 18.0. The van der Waals surface area contributed by atoms with E-state index in [1.807, 2.05) is 0 Å². The molecule has 0 aliphatic carbocycles. The van der Waals surface area contributed by atoms with Gasteiger partial charge >= 0.3 is 0 Å². The lowest BCUT2D eigenvalue weighted by molar-refractivity contribution is -0.364. The third-order valence-corrected chi connectivity index (χ3v) is 7.45. The molecule has 15 atom stereocenters. The average Bonchev–Trinajstić information content (AvgIpc) is 2.83. The van der Waals surface area contributed by atoms with E-state index < -0.39 is 103 Å². The summed E-state index contributed by atoms with van der Waals surface area (Å²) in [5.74, 6) is -0.499. The molecule has 0 bridgehead atoms. The van der Waals surface area contributed by atoms with Crippen molar-refractivity contribution < 1.29 is 63.9 Å². The van der Waals surface area contributed by atoms with Crippen molar-refractivity contribution in [3.63, 3.8) is 0 Å². The Hall–Kier alpha value is -1.01. The van der Waals surface area contributed by atoms with Gasteiger partial charge in [0.1, 0.15) is 48.8 Å². The summed E-state index contributed by atoms with van der Waals surface area (Å²) >= 11 is 0. The molecule has 39 heavy (non-hydrogen) atoms. The summed E-state index contributed by atoms with van der Waals surface area (Å²) < 4.78 is 34.2. The number of aliphatic hydroxyl groups is 6. The maximum atomic E-state index is 12.4. The predicted molar refractivity (Wildman–Crippen MR) is 132 cm³/mol. The Morgan fingerprint density at radius 2 is 1.18 bits per heavy atom. The fourth-order valence-corrected chi connectivity index (χ4v) is 5.19. The van der Waals surface area contributed by atoms with Crippen LogP contribution in [0.3, 0.4) is 0 Å². The quantitative estimate of drug-likeness (QED) is 0.162. The molecule has 0 aromatic heterocycles. The van der Waals surface area contributed by atoms with Crippen molar-refractivity contribution in [1.82, 2.24) is 5.32 Å². The third-order valence-electron chi connectivity index (χ3n) is 7.45. The molecule has 7 N–H and O–H groups in total. The van der Waals surface area contributed by atoms with Gasteiger partial charge in [-0.25, -0.2) is 0 Å². The van der Waals surface area contributed by atoms with Gasteiger partial charge in [0.05, 0.1) is 42.5 Å². The first-order valence-electron chi connectivity index (χ1n) is 13.3. The van der Waals surface area contributed by atoms with E-state index in [0.717, 1.165) is 0 Å². The summed E-state index contributed by atoms with van der Waals surface area (Å²) in [5, 5.41) is 66.5. The number of carbonyl (C=O) groups is 1. The van der Waals surface area contributed by atoms with E-state index in [0.29, 0.717) is 0 Å². The fraction of sp³-hybridized carbons (Fsp3) is 0.960.